The Hall–Kier alpha value is -1.59. The molecule has 3 aliphatic heterocycles. The number of carbonyl (C=O) groups is 1. The Morgan fingerprint density at radius 1 is 1.00 bits per heavy atom. The Kier molecular flexibility index (Phi) is 4.69. The van der Waals surface area contributed by atoms with Gasteiger partial charge in [0.2, 0.25) is 0 Å². The number of amides is 1. The van der Waals surface area contributed by atoms with E-state index in [1.165, 1.54) is 38.2 Å². The number of benzene rings is 1. The van der Waals surface area contributed by atoms with Gasteiger partial charge in [-0.2, -0.15) is 0 Å². The number of likely N-dealkylation sites (tertiary alicyclic amines) is 1. The summed E-state index contributed by atoms with van der Waals surface area (Å²) in [6, 6.07) is 6.43. The molecule has 0 bridgehead atoms. The Balaban J connectivity index is 1.33. The molecule has 5 heteroatoms. The van der Waals surface area contributed by atoms with Crippen molar-refractivity contribution >= 4 is 11.6 Å². The van der Waals surface area contributed by atoms with Crippen molar-refractivity contribution in [3.05, 3.63) is 29.3 Å². The molecule has 0 aliphatic carbocycles. The second-order valence-corrected chi connectivity index (χ2v) is 8.04. The molecule has 0 saturated carbocycles. The van der Waals surface area contributed by atoms with Crippen LogP contribution >= 0.6 is 0 Å². The number of nitrogens with zero attached hydrogens (tertiary/aromatic N) is 4. The maximum Gasteiger partial charge on any atom is 0.254 e. The fourth-order valence-corrected chi connectivity index (χ4v) is 4.43. The van der Waals surface area contributed by atoms with Crippen LogP contribution in [-0.2, 0) is 6.54 Å². The minimum absolute atomic E-state index is 0.165. The van der Waals surface area contributed by atoms with Crippen LogP contribution in [0.25, 0.3) is 0 Å². The Morgan fingerprint density at radius 2 is 1.72 bits per heavy atom. The SMILES string of the molecule is CN1CCC(CN2CCN(c3ccc4c(c3)C(=O)N(C)C4)CC2)CC1. The summed E-state index contributed by atoms with van der Waals surface area (Å²) in [6.07, 6.45) is 2.69. The van der Waals surface area contributed by atoms with Crippen LogP contribution in [0.2, 0.25) is 0 Å². The molecule has 136 valence electrons. The summed E-state index contributed by atoms with van der Waals surface area (Å²) in [5.41, 5.74) is 3.27. The molecule has 5 nitrogen and oxygen atoms in total. The molecule has 0 aromatic heterocycles. The van der Waals surface area contributed by atoms with Gasteiger partial charge in [-0.3, -0.25) is 9.69 Å². The van der Waals surface area contributed by atoms with E-state index in [0.717, 1.165) is 49.8 Å². The fraction of sp³-hybridized carbons (Fsp3) is 0.650. The van der Waals surface area contributed by atoms with Gasteiger partial charge >= 0.3 is 0 Å². The molecule has 1 aromatic rings. The number of piperidine rings is 1. The third-order valence-corrected chi connectivity index (χ3v) is 6.17. The van der Waals surface area contributed by atoms with Gasteiger partial charge in [0, 0.05) is 57.6 Å². The van der Waals surface area contributed by atoms with Crippen molar-refractivity contribution in [3.8, 4) is 0 Å². The van der Waals surface area contributed by atoms with Crippen molar-refractivity contribution in [2.24, 2.45) is 5.92 Å². The summed E-state index contributed by atoms with van der Waals surface area (Å²) in [5, 5.41) is 0. The molecule has 0 N–H and O–H groups in total. The van der Waals surface area contributed by atoms with Crippen LogP contribution in [-0.4, -0.2) is 80.5 Å². The highest BCUT2D eigenvalue weighted by Crippen LogP contribution is 2.27. The van der Waals surface area contributed by atoms with Crippen LogP contribution in [0, 0.1) is 5.92 Å². The summed E-state index contributed by atoms with van der Waals surface area (Å²) >= 11 is 0. The van der Waals surface area contributed by atoms with E-state index in [2.05, 4.69) is 39.9 Å². The number of carbonyl (C=O) groups excluding carboxylic acids is 1. The van der Waals surface area contributed by atoms with Gasteiger partial charge in [-0.1, -0.05) is 6.07 Å². The van der Waals surface area contributed by atoms with Gasteiger partial charge in [0.15, 0.2) is 0 Å². The second-order valence-electron chi connectivity index (χ2n) is 8.04. The maximum absolute atomic E-state index is 12.2. The van der Waals surface area contributed by atoms with Crippen molar-refractivity contribution in [2.75, 3.05) is 64.8 Å². The molecule has 0 unspecified atom stereocenters. The van der Waals surface area contributed by atoms with E-state index in [1.807, 2.05) is 7.05 Å². The summed E-state index contributed by atoms with van der Waals surface area (Å²) in [4.78, 5) is 21.5. The van der Waals surface area contributed by atoms with E-state index in [1.54, 1.807) is 4.90 Å². The topological polar surface area (TPSA) is 30.0 Å². The first-order chi connectivity index (χ1) is 12.1. The smallest absolute Gasteiger partial charge is 0.254 e. The molecule has 25 heavy (non-hydrogen) atoms. The van der Waals surface area contributed by atoms with Crippen molar-refractivity contribution in [2.45, 2.75) is 19.4 Å². The fourth-order valence-electron chi connectivity index (χ4n) is 4.43. The zero-order valence-corrected chi connectivity index (χ0v) is 15.6. The molecular weight excluding hydrogens is 312 g/mol. The summed E-state index contributed by atoms with van der Waals surface area (Å²) in [5.74, 6) is 1.04. The van der Waals surface area contributed by atoms with E-state index in [-0.39, 0.29) is 5.91 Å². The summed E-state index contributed by atoms with van der Waals surface area (Å²) in [7, 11) is 4.11. The van der Waals surface area contributed by atoms with Gasteiger partial charge in [0.25, 0.3) is 5.91 Å². The molecule has 0 radical (unpaired) electrons. The zero-order valence-electron chi connectivity index (χ0n) is 15.6. The molecule has 1 aromatic carbocycles. The first kappa shape index (κ1) is 16.9. The number of hydrogen-bond acceptors (Lipinski definition) is 4. The van der Waals surface area contributed by atoms with Gasteiger partial charge in [-0.25, -0.2) is 0 Å². The first-order valence-corrected chi connectivity index (χ1v) is 9.64. The molecule has 3 aliphatic rings. The zero-order chi connectivity index (χ0) is 17.4. The lowest BCUT2D eigenvalue weighted by molar-refractivity contribution is 0.0816. The van der Waals surface area contributed by atoms with Crippen molar-refractivity contribution in [1.82, 2.24) is 14.7 Å². The van der Waals surface area contributed by atoms with Gasteiger partial charge in [0.1, 0.15) is 0 Å². The van der Waals surface area contributed by atoms with E-state index >= 15 is 0 Å². The lowest BCUT2D eigenvalue weighted by atomic mass is 9.96. The minimum atomic E-state index is 0.165. The van der Waals surface area contributed by atoms with Gasteiger partial charge < -0.3 is 14.7 Å². The molecule has 0 spiro atoms. The monoisotopic (exact) mass is 342 g/mol. The number of fused-ring (bicyclic) bond motifs is 1. The molecule has 1 amide bonds. The number of piperazine rings is 1. The van der Waals surface area contributed by atoms with Crippen LogP contribution in [0.4, 0.5) is 5.69 Å². The van der Waals surface area contributed by atoms with Crippen LogP contribution < -0.4 is 4.90 Å². The quantitative estimate of drug-likeness (QED) is 0.837. The van der Waals surface area contributed by atoms with E-state index in [9.17, 15) is 4.79 Å². The first-order valence-electron chi connectivity index (χ1n) is 9.64. The summed E-state index contributed by atoms with van der Waals surface area (Å²) < 4.78 is 0. The van der Waals surface area contributed by atoms with Crippen LogP contribution in [0.1, 0.15) is 28.8 Å². The lowest BCUT2D eigenvalue weighted by Gasteiger charge is -2.39. The minimum Gasteiger partial charge on any atom is -0.369 e. The predicted molar refractivity (Wildman–Crippen MR) is 101 cm³/mol. The maximum atomic E-state index is 12.2. The lowest BCUT2D eigenvalue weighted by Crippen LogP contribution is -2.48. The van der Waals surface area contributed by atoms with Crippen LogP contribution in [0.3, 0.4) is 0 Å². The molecule has 2 fully saturated rings. The second kappa shape index (κ2) is 6.96. The van der Waals surface area contributed by atoms with Gasteiger partial charge in [-0.15, -0.1) is 0 Å². The third kappa shape index (κ3) is 3.53. The molecule has 3 heterocycles. The van der Waals surface area contributed by atoms with E-state index < -0.39 is 0 Å². The van der Waals surface area contributed by atoms with Gasteiger partial charge in [-0.05, 0) is 56.6 Å². The molecule has 2 saturated heterocycles. The normalized spacial score (nSPS) is 23.4. The van der Waals surface area contributed by atoms with Crippen LogP contribution in [0.5, 0.6) is 0 Å². The Morgan fingerprint density at radius 3 is 2.44 bits per heavy atom. The van der Waals surface area contributed by atoms with Crippen molar-refractivity contribution in [1.29, 1.82) is 0 Å². The standard InChI is InChI=1S/C20H30N4O/c1-21-7-5-16(6-8-21)14-23-9-11-24(12-10-23)18-4-3-17-15-22(2)20(25)19(17)13-18/h3-4,13,16H,5-12,14-15H2,1-2H3. The van der Waals surface area contributed by atoms with Gasteiger partial charge in [0.05, 0.1) is 0 Å². The highest BCUT2D eigenvalue weighted by molar-refractivity contribution is 5.99. The third-order valence-electron chi connectivity index (χ3n) is 6.17. The van der Waals surface area contributed by atoms with Crippen molar-refractivity contribution in [3.63, 3.8) is 0 Å². The van der Waals surface area contributed by atoms with E-state index in [0.29, 0.717) is 0 Å². The number of rotatable bonds is 3. The summed E-state index contributed by atoms with van der Waals surface area (Å²) in [6.45, 7) is 8.91. The molecule has 0 atom stereocenters. The number of hydrogen-bond donors (Lipinski definition) is 0. The number of anilines is 1. The van der Waals surface area contributed by atoms with Crippen LogP contribution in [0.15, 0.2) is 18.2 Å². The highest BCUT2D eigenvalue weighted by Gasteiger charge is 2.27. The molecular formula is C20H30N4O. The highest BCUT2D eigenvalue weighted by atomic mass is 16.2. The van der Waals surface area contributed by atoms with Crippen molar-refractivity contribution < 1.29 is 4.79 Å². The average Bonchev–Trinajstić information content (AvgIpc) is 2.92. The Labute approximate surface area is 151 Å². The molecule has 4 rings (SSSR count). The largest absolute Gasteiger partial charge is 0.369 e. The van der Waals surface area contributed by atoms with E-state index in [4.69, 9.17) is 0 Å². The Bertz CT molecular complexity index is 631. The predicted octanol–water partition coefficient (Wildman–Crippen LogP) is 1.74. The average molecular weight is 342 g/mol.